The number of nitrogens with two attached hydrogens (primary N) is 1. The van der Waals surface area contributed by atoms with Gasteiger partial charge in [0.1, 0.15) is 0 Å². The Balaban J connectivity index is 2.22. The highest BCUT2D eigenvalue weighted by Gasteiger charge is 2.30. The van der Waals surface area contributed by atoms with Crippen molar-refractivity contribution in [2.75, 3.05) is 18.5 Å². The summed E-state index contributed by atoms with van der Waals surface area (Å²) in [6.45, 7) is 5.30. The molecule has 0 spiro atoms. The summed E-state index contributed by atoms with van der Waals surface area (Å²) in [5.74, 6) is 0. The maximum absolute atomic E-state index is 12.4. The molecule has 0 aromatic heterocycles. The molecule has 20 heavy (non-hydrogen) atoms. The van der Waals surface area contributed by atoms with Gasteiger partial charge in [0.15, 0.2) is 0 Å². The predicted molar refractivity (Wildman–Crippen MR) is 85.8 cm³/mol. The highest BCUT2D eigenvalue weighted by Crippen LogP contribution is 2.30. The number of hydrogen-bond donors (Lipinski definition) is 1. The molecule has 1 aromatic carbocycles. The number of anilines is 1. The van der Waals surface area contributed by atoms with E-state index in [-0.39, 0.29) is 11.4 Å². The van der Waals surface area contributed by atoms with E-state index in [1.807, 2.05) is 44.0 Å². The molecular weight excluding hydrogens is 270 g/mol. The van der Waals surface area contributed by atoms with Crippen molar-refractivity contribution in [1.82, 2.24) is 4.90 Å². The fourth-order valence-corrected chi connectivity index (χ4v) is 2.37. The summed E-state index contributed by atoms with van der Waals surface area (Å²) in [5.41, 5.74) is 7.67. The fraction of sp³-hybridized carbons (Fsp3) is 0.467. The number of para-hydroxylation sites is 1. The van der Waals surface area contributed by atoms with Gasteiger partial charge in [0.05, 0.1) is 10.7 Å². The van der Waals surface area contributed by atoms with Crippen LogP contribution in [0.4, 0.5) is 10.5 Å². The van der Waals surface area contributed by atoms with Gasteiger partial charge in [0.25, 0.3) is 0 Å². The molecule has 0 bridgehead atoms. The third-order valence-electron chi connectivity index (χ3n) is 3.87. The van der Waals surface area contributed by atoms with Crippen molar-refractivity contribution >= 4 is 28.9 Å². The summed E-state index contributed by atoms with van der Waals surface area (Å²) in [6, 6.07) is 8.04. The fourth-order valence-electron chi connectivity index (χ4n) is 2.27. The Morgan fingerprint density at radius 3 is 2.70 bits per heavy atom. The number of urea groups is 1. The third-order valence-corrected chi connectivity index (χ3v) is 4.43. The molecule has 1 heterocycles. The van der Waals surface area contributed by atoms with Crippen molar-refractivity contribution in [2.45, 2.75) is 26.8 Å². The van der Waals surface area contributed by atoms with E-state index >= 15 is 0 Å². The Kier molecular flexibility index (Phi) is 3.99. The molecule has 0 atom stereocenters. The van der Waals surface area contributed by atoms with Gasteiger partial charge < -0.3 is 10.6 Å². The average Bonchev–Trinajstić information content (AvgIpc) is 2.39. The Bertz CT molecular complexity index is 542. The van der Waals surface area contributed by atoms with E-state index in [0.29, 0.717) is 18.1 Å². The van der Waals surface area contributed by atoms with Crippen LogP contribution in [-0.4, -0.2) is 29.5 Å². The Morgan fingerprint density at radius 2 is 2.05 bits per heavy atom. The lowest BCUT2D eigenvalue weighted by Crippen LogP contribution is -2.47. The molecular formula is C15H21N3OS. The first-order chi connectivity index (χ1) is 9.33. The first-order valence-corrected chi connectivity index (χ1v) is 7.14. The lowest BCUT2D eigenvalue weighted by atomic mass is 9.89. The van der Waals surface area contributed by atoms with E-state index < -0.39 is 0 Å². The number of hydrogen-bond acceptors (Lipinski definition) is 2. The minimum absolute atomic E-state index is 0.0300. The highest BCUT2D eigenvalue weighted by molar-refractivity contribution is 7.80. The van der Waals surface area contributed by atoms with Gasteiger partial charge in [-0.2, -0.15) is 0 Å². The second kappa shape index (κ2) is 5.40. The minimum Gasteiger partial charge on any atom is -0.393 e. The van der Waals surface area contributed by atoms with Gasteiger partial charge in [-0.05, 0) is 18.1 Å². The van der Waals surface area contributed by atoms with Crippen LogP contribution in [0.1, 0.15) is 25.8 Å². The molecule has 1 aliphatic rings. The van der Waals surface area contributed by atoms with Crippen molar-refractivity contribution < 1.29 is 4.79 Å². The van der Waals surface area contributed by atoms with Crippen LogP contribution in [0.3, 0.4) is 0 Å². The topological polar surface area (TPSA) is 49.6 Å². The molecule has 1 aliphatic heterocycles. The SMILES string of the molecule is CN1Cc2ccccc2N(CCC(C)(C)C(N)=S)C1=O. The Morgan fingerprint density at radius 1 is 1.40 bits per heavy atom. The van der Waals surface area contributed by atoms with Crippen molar-refractivity contribution in [2.24, 2.45) is 11.1 Å². The van der Waals surface area contributed by atoms with E-state index in [0.717, 1.165) is 12.1 Å². The number of carbonyl (C=O) groups is 1. The maximum Gasteiger partial charge on any atom is 0.324 e. The molecule has 1 aromatic rings. The van der Waals surface area contributed by atoms with Crippen LogP contribution in [0.5, 0.6) is 0 Å². The monoisotopic (exact) mass is 291 g/mol. The van der Waals surface area contributed by atoms with Gasteiger partial charge >= 0.3 is 6.03 Å². The first kappa shape index (κ1) is 14.8. The first-order valence-electron chi connectivity index (χ1n) is 6.73. The van der Waals surface area contributed by atoms with Crippen LogP contribution in [0.15, 0.2) is 24.3 Å². The van der Waals surface area contributed by atoms with Gasteiger partial charge in [-0.1, -0.05) is 44.3 Å². The molecule has 2 amide bonds. The minimum atomic E-state index is -0.249. The second-order valence-electron chi connectivity index (χ2n) is 5.92. The van der Waals surface area contributed by atoms with Gasteiger partial charge in [-0.25, -0.2) is 4.79 Å². The number of carbonyl (C=O) groups excluding carboxylic acids is 1. The quantitative estimate of drug-likeness (QED) is 0.868. The van der Waals surface area contributed by atoms with Gasteiger partial charge in [0, 0.05) is 25.6 Å². The molecule has 0 radical (unpaired) electrons. The normalized spacial score (nSPS) is 15.2. The Labute approximate surface area is 125 Å². The standard InChI is InChI=1S/C15H21N3OS/c1-15(2,13(16)20)8-9-18-12-7-5-4-6-11(12)10-17(3)14(18)19/h4-7H,8-10H2,1-3H3,(H2,16,20). The number of benzene rings is 1. The van der Waals surface area contributed by atoms with Crippen molar-refractivity contribution in [3.63, 3.8) is 0 Å². The van der Waals surface area contributed by atoms with E-state index in [9.17, 15) is 4.79 Å². The summed E-state index contributed by atoms with van der Waals surface area (Å²) >= 11 is 5.09. The summed E-state index contributed by atoms with van der Waals surface area (Å²) in [4.78, 5) is 16.4. The number of fused-ring (bicyclic) bond motifs is 1. The molecule has 5 heteroatoms. The third kappa shape index (κ3) is 2.77. The zero-order valence-electron chi connectivity index (χ0n) is 12.2. The van der Waals surface area contributed by atoms with E-state index in [1.165, 1.54) is 5.56 Å². The van der Waals surface area contributed by atoms with Gasteiger partial charge in [-0.15, -0.1) is 0 Å². The Hall–Kier alpha value is -1.62. The number of nitrogens with zero attached hydrogens (tertiary/aromatic N) is 2. The maximum atomic E-state index is 12.4. The largest absolute Gasteiger partial charge is 0.393 e. The molecule has 4 nitrogen and oxygen atoms in total. The zero-order chi connectivity index (χ0) is 14.9. The number of thiocarbonyl (C=S) groups is 1. The summed E-state index contributed by atoms with van der Waals surface area (Å²) in [6.07, 6.45) is 0.746. The second-order valence-corrected chi connectivity index (χ2v) is 6.36. The summed E-state index contributed by atoms with van der Waals surface area (Å²) in [5, 5.41) is 0. The zero-order valence-corrected chi connectivity index (χ0v) is 13.0. The van der Waals surface area contributed by atoms with Crippen LogP contribution < -0.4 is 10.6 Å². The molecule has 0 unspecified atom stereocenters. The van der Waals surface area contributed by atoms with Crippen LogP contribution in [0.25, 0.3) is 0 Å². The van der Waals surface area contributed by atoms with Crippen molar-refractivity contribution in [3.05, 3.63) is 29.8 Å². The van der Waals surface area contributed by atoms with Crippen molar-refractivity contribution in [3.8, 4) is 0 Å². The van der Waals surface area contributed by atoms with Crippen LogP contribution in [0, 0.1) is 5.41 Å². The molecule has 0 saturated carbocycles. The van der Waals surface area contributed by atoms with Crippen molar-refractivity contribution in [1.29, 1.82) is 0 Å². The lowest BCUT2D eigenvalue weighted by Gasteiger charge is -2.36. The number of rotatable bonds is 4. The van der Waals surface area contributed by atoms with Gasteiger partial charge in [0.2, 0.25) is 0 Å². The summed E-state index contributed by atoms with van der Waals surface area (Å²) < 4.78 is 0. The molecule has 2 rings (SSSR count). The highest BCUT2D eigenvalue weighted by atomic mass is 32.1. The molecule has 0 fully saturated rings. The average molecular weight is 291 g/mol. The molecule has 0 saturated heterocycles. The predicted octanol–water partition coefficient (Wildman–Crippen LogP) is 2.76. The van der Waals surface area contributed by atoms with Crippen LogP contribution >= 0.6 is 12.2 Å². The lowest BCUT2D eigenvalue weighted by molar-refractivity contribution is 0.209. The molecule has 108 valence electrons. The van der Waals surface area contributed by atoms with E-state index in [1.54, 1.807) is 4.90 Å². The molecule has 0 aliphatic carbocycles. The summed E-state index contributed by atoms with van der Waals surface area (Å²) in [7, 11) is 1.82. The van der Waals surface area contributed by atoms with E-state index in [4.69, 9.17) is 18.0 Å². The van der Waals surface area contributed by atoms with Gasteiger partial charge in [-0.3, -0.25) is 4.90 Å². The number of amides is 2. The smallest absolute Gasteiger partial charge is 0.324 e. The van der Waals surface area contributed by atoms with Crippen LogP contribution in [-0.2, 0) is 6.54 Å². The van der Waals surface area contributed by atoms with Crippen LogP contribution in [0.2, 0.25) is 0 Å². The molecule has 2 N–H and O–H groups in total. The van der Waals surface area contributed by atoms with E-state index in [2.05, 4.69) is 6.07 Å².